The third-order valence-electron chi connectivity index (χ3n) is 6.23. The zero-order valence-corrected chi connectivity index (χ0v) is 16.3. The second kappa shape index (κ2) is 7.17. The number of piperazine rings is 1. The molecule has 3 aliphatic rings. The number of carboxylic acids is 1. The molecule has 2 atom stereocenters. The molecule has 1 spiro atoms. The molecule has 4 rings (SSSR count). The predicted octanol–water partition coefficient (Wildman–Crippen LogP) is 1.35. The largest absolute Gasteiger partial charge is 0.478 e. The third-order valence-corrected chi connectivity index (χ3v) is 6.23. The van der Waals surface area contributed by atoms with Crippen molar-refractivity contribution in [2.45, 2.75) is 44.5 Å². The summed E-state index contributed by atoms with van der Waals surface area (Å²) in [5, 5.41) is 19.4. The predicted molar refractivity (Wildman–Crippen MR) is 104 cm³/mol. The van der Waals surface area contributed by atoms with Crippen LogP contribution in [-0.4, -0.2) is 87.8 Å². The van der Waals surface area contributed by atoms with Gasteiger partial charge < -0.3 is 10.2 Å². The van der Waals surface area contributed by atoms with E-state index in [0.29, 0.717) is 17.5 Å². The number of nitrogens with zero attached hydrogens (tertiary/aromatic N) is 3. The Morgan fingerprint density at radius 1 is 1.22 bits per heavy atom. The monoisotopic (exact) mass is 373 g/mol. The maximum absolute atomic E-state index is 11.2. The van der Waals surface area contributed by atoms with E-state index in [1.807, 2.05) is 12.1 Å². The molecule has 6 heteroatoms. The molecule has 6 nitrogen and oxygen atoms in total. The van der Waals surface area contributed by atoms with Crippen LogP contribution >= 0.6 is 0 Å². The minimum atomic E-state index is -0.873. The topological polar surface area (TPSA) is 67.2 Å². The fourth-order valence-electron chi connectivity index (χ4n) is 5.41. The molecule has 0 aromatic heterocycles. The van der Waals surface area contributed by atoms with E-state index in [2.05, 4.69) is 28.5 Å². The van der Waals surface area contributed by atoms with Gasteiger partial charge in [0.1, 0.15) is 0 Å². The van der Waals surface area contributed by atoms with E-state index < -0.39 is 5.97 Å². The van der Waals surface area contributed by atoms with E-state index in [-0.39, 0.29) is 11.6 Å². The lowest BCUT2D eigenvalue weighted by molar-refractivity contribution is -0.117. The number of aromatic carboxylic acids is 1. The number of benzene rings is 1. The number of carboxylic acid groups (broad SMARTS) is 1. The highest BCUT2D eigenvalue weighted by Gasteiger charge is 2.55. The molecule has 3 saturated heterocycles. The van der Waals surface area contributed by atoms with Crippen LogP contribution in [0.5, 0.6) is 0 Å². The highest BCUT2D eigenvalue weighted by Crippen LogP contribution is 2.39. The van der Waals surface area contributed by atoms with Crippen LogP contribution in [0.4, 0.5) is 0 Å². The maximum atomic E-state index is 11.2. The molecular weight excluding hydrogens is 342 g/mol. The van der Waals surface area contributed by atoms with Gasteiger partial charge in [0, 0.05) is 51.9 Å². The summed E-state index contributed by atoms with van der Waals surface area (Å²) in [7, 11) is 0. The van der Waals surface area contributed by atoms with E-state index >= 15 is 0 Å². The van der Waals surface area contributed by atoms with Crippen LogP contribution < -0.4 is 0 Å². The molecule has 2 N–H and O–H groups in total. The Bertz CT molecular complexity index is 702. The summed E-state index contributed by atoms with van der Waals surface area (Å²) in [5.41, 5.74) is 1.54. The van der Waals surface area contributed by atoms with Crippen molar-refractivity contribution >= 4 is 5.97 Å². The van der Waals surface area contributed by atoms with Gasteiger partial charge in [-0.2, -0.15) is 0 Å². The van der Waals surface area contributed by atoms with Gasteiger partial charge in [0.2, 0.25) is 0 Å². The zero-order valence-electron chi connectivity index (χ0n) is 16.3. The van der Waals surface area contributed by atoms with Gasteiger partial charge in [0.25, 0.3) is 0 Å². The molecule has 3 heterocycles. The minimum absolute atomic E-state index is 0.139. The number of carbonyl (C=O) groups is 1. The number of β-amino-alcohol motifs (C(OH)–C–C–N with tert-alkyl or cyclic N) is 1. The second-order valence-corrected chi connectivity index (χ2v) is 9.16. The lowest BCUT2D eigenvalue weighted by Gasteiger charge is -2.61. The molecule has 0 saturated carbocycles. The molecular formula is C21H31N3O3. The fourth-order valence-corrected chi connectivity index (χ4v) is 5.41. The van der Waals surface area contributed by atoms with Gasteiger partial charge in [-0.25, -0.2) is 4.79 Å². The summed E-state index contributed by atoms with van der Waals surface area (Å²) >= 11 is 0. The van der Waals surface area contributed by atoms with Crippen LogP contribution in [0.2, 0.25) is 0 Å². The van der Waals surface area contributed by atoms with Crippen molar-refractivity contribution < 1.29 is 15.0 Å². The number of aliphatic hydroxyl groups excluding tert-OH is 1. The summed E-state index contributed by atoms with van der Waals surface area (Å²) in [5.74, 6) is -0.225. The Morgan fingerprint density at radius 2 is 1.96 bits per heavy atom. The summed E-state index contributed by atoms with van der Waals surface area (Å²) in [6.07, 6.45) is 0.684. The Kier molecular flexibility index (Phi) is 5.01. The van der Waals surface area contributed by atoms with Crippen molar-refractivity contribution in [2.75, 3.05) is 39.3 Å². The van der Waals surface area contributed by atoms with E-state index in [9.17, 15) is 15.0 Å². The van der Waals surface area contributed by atoms with Gasteiger partial charge in [-0.15, -0.1) is 0 Å². The number of aliphatic hydroxyl groups is 1. The minimum Gasteiger partial charge on any atom is -0.478 e. The summed E-state index contributed by atoms with van der Waals surface area (Å²) in [4.78, 5) is 18.8. The Hall–Kier alpha value is -1.47. The smallest absolute Gasteiger partial charge is 0.335 e. The fraction of sp³-hybridized carbons (Fsp3) is 0.667. The first-order chi connectivity index (χ1) is 12.8. The quantitative estimate of drug-likeness (QED) is 0.812. The van der Waals surface area contributed by atoms with Crippen molar-refractivity contribution in [1.82, 2.24) is 14.7 Å². The van der Waals surface area contributed by atoms with Gasteiger partial charge in [0.15, 0.2) is 0 Å². The van der Waals surface area contributed by atoms with Gasteiger partial charge in [0.05, 0.1) is 17.2 Å². The van der Waals surface area contributed by atoms with Gasteiger partial charge in [-0.05, 0) is 30.0 Å². The molecule has 0 bridgehead atoms. The van der Waals surface area contributed by atoms with Crippen LogP contribution in [0.15, 0.2) is 24.3 Å². The summed E-state index contributed by atoms with van der Waals surface area (Å²) in [6, 6.07) is 7.72. The molecule has 148 valence electrons. The molecule has 0 unspecified atom stereocenters. The van der Waals surface area contributed by atoms with Crippen LogP contribution in [-0.2, 0) is 6.54 Å². The zero-order chi connectivity index (χ0) is 19.2. The summed E-state index contributed by atoms with van der Waals surface area (Å²) < 4.78 is 0. The number of hydrogen-bond donors (Lipinski definition) is 2. The lowest BCUT2D eigenvalue weighted by Crippen LogP contribution is -2.77. The Balaban J connectivity index is 1.44. The lowest BCUT2D eigenvalue weighted by atomic mass is 9.83. The first-order valence-electron chi connectivity index (χ1n) is 10.1. The standard InChI is InChI=1S/C21H31N3O3/c1-15(2)8-22-10-18-7-19(25)11-24(18)21(12-22)13-23(14-21)9-16-4-3-5-17(6-16)20(26)27/h3-6,15,18-19,25H,7-14H2,1-2H3,(H,26,27)/t18-,19+/m0/s1. The van der Waals surface area contributed by atoms with Crippen LogP contribution in [0.3, 0.4) is 0 Å². The van der Waals surface area contributed by atoms with E-state index in [0.717, 1.165) is 57.8 Å². The van der Waals surface area contributed by atoms with E-state index in [4.69, 9.17) is 0 Å². The Morgan fingerprint density at radius 3 is 2.67 bits per heavy atom. The van der Waals surface area contributed by atoms with Crippen molar-refractivity contribution in [2.24, 2.45) is 5.92 Å². The van der Waals surface area contributed by atoms with Crippen LogP contribution in [0, 0.1) is 5.92 Å². The van der Waals surface area contributed by atoms with Crippen LogP contribution in [0.25, 0.3) is 0 Å². The first-order valence-corrected chi connectivity index (χ1v) is 10.1. The van der Waals surface area contributed by atoms with Gasteiger partial charge >= 0.3 is 5.97 Å². The van der Waals surface area contributed by atoms with Crippen LogP contribution in [0.1, 0.15) is 36.2 Å². The van der Waals surface area contributed by atoms with Gasteiger partial charge in [-0.3, -0.25) is 14.7 Å². The Labute approximate surface area is 161 Å². The molecule has 3 fully saturated rings. The number of fused-ring (bicyclic) bond motifs is 2. The average molecular weight is 373 g/mol. The SMILES string of the molecule is CC(C)CN1C[C@@H]2C[C@@H](O)CN2C2(C1)CN(Cc1cccc(C(=O)O)c1)C2. The van der Waals surface area contributed by atoms with Crippen molar-refractivity contribution in [3.8, 4) is 0 Å². The molecule has 1 aromatic carbocycles. The maximum Gasteiger partial charge on any atom is 0.335 e. The molecule has 3 aliphatic heterocycles. The summed E-state index contributed by atoms with van der Waals surface area (Å²) in [6.45, 7) is 11.3. The van der Waals surface area contributed by atoms with E-state index in [1.165, 1.54) is 0 Å². The first kappa shape index (κ1) is 18.9. The van der Waals surface area contributed by atoms with Crippen molar-refractivity contribution in [3.63, 3.8) is 0 Å². The van der Waals surface area contributed by atoms with Gasteiger partial charge in [-0.1, -0.05) is 26.0 Å². The average Bonchev–Trinajstić information content (AvgIpc) is 2.93. The number of rotatable bonds is 5. The molecule has 0 aliphatic carbocycles. The molecule has 1 aromatic rings. The number of likely N-dealkylation sites (tertiary alicyclic amines) is 1. The van der Waals surface area contributed by atoms with Crippen molar-refractivity contribution in [1.29, 1.82) is 0 Å². The molecule has 0 radical (unpaired) electrons. The second-order valence-electron chi connectivity index (χ2n) is 9.16. The highest BCUT2D eigenvalue weighted by atomic mass is 16.4. The third kappa shape index (κ3) is 3.76. The normalized spacial score (nSPS) is 28.4. The van der Waals surface area contributed by atoms with E-state index in [1.54, 1.807) is 12.1 Å². The highest BCUT2D eigenvalue weighted by molar-refractivity contribution is 5.87. The molecule has 27 heavy (non-hydrogen) atoms. The van der Waals surface area contributed by atoms with Crippen molar-refractivity contribution in [3.05, 3.63) is 35.4 Å². The molecule has 0 amide bonds. The number of hydrogen-bond acceptors (Lipinski definition) is 5.